The molecule has 1 heterocycles. The highest BCUT2D eigenvalue weighted by Crippen LogP contribution is 2.20. The normalized spacial score (nSPS) is 12.0. The summed E-state index contributed by atoms with van der Waals surface area (Å²) >= 11 is 0. The molecular formula is C13H17NO2. The second kappa shape index (κ2) is 4.47. The summed E-state index contributed by atoms with van der Waals surface area (Å²) in [7, 11) is 0. The fraction of sp³-hybridized carbons (Fsp3) is 0.385. The van der Waals surface area contributed by atoms with Gasteiger partial charge in [0.25, 0.3) is 0 Å². The Morgan fingerprint density at radius 2 is 1.94 bits per heavy atom. The monoisotopic (exact) mass is 219 g/mol. The number of allylic oxidation sites excluding steroid dienone is 1. The number of aromatic nitrogens is 1. The van der Waals surface area contributed by atoms with E-state index >= 15 is 0 Å². The van der Waals surface area contributed by atoms with Crippen LogP contribution in [0.4, 0.5) is 0 Å². The van der Waals surface area contributed by atoms with Gasteiger partial charge in [-0.25, -0.2) is 0 Å². The number of H-pyrrole nitrogens is 1. The highest BCUT2D eigenvalue weighted by molar-refractivity contribution is 5.99. The Labute approximate surface area is 95.6 Å². The Balaban J connectivity index is 2.88. The zero-order valence-electron chi connectivity index (χ0n) is 10.1. The van der Waals surface area contributed by atoms with Gasteiger partial charge in [-0.2, -0.15) is 0 Å². The van der Waals surface area contributed by atoms with Crippen molar-refractivity contribution in [3.63, 3.8) is 0 Å². The van der Waals surface area contributed by atoms with E-state index in [-0.39, 0.29) is 11.6 Å². The first-order chi connectivity index (χ1) is 7.30. The Kier molecular flexibility index (Phi) is 3.48. The van der Waals surface area contributed by atoms with Crippen molar-refractivity contribution in [2.24, 2.45) is 5.41 Å². The number of nitrogens with one attached hydrogen (secondary N) is 1. The number of rotatable bonds is 3. The molecule has 0 amide bonds. The summed E-state index contributed by atoms with van der Waals surface area (Å²) in [6.07, 6.45) is 4.89. The molecule has 0 aliphatic heterocycles. The minimum Gasteiger partial charge on any atom is -0.358 e. The largest absolute Gasteiger partial charge is 0.358 e. The molecule has 0 saturated carbocycles. The SMILES string of the molecule is CC(=O)/C=C/c1c[nH]c(C(=O)C(C)(C)C)c1. The van der Waals surface area contributed by atoms with Gasteiger partial charge in [-0.05, 0) is 30.7 Å². The van der Waals surface area contributed by atoms with Gasteiger partial charge in [-0.1, -0.05) is 20.8 Å². The first-order valence-electron chi connectivity index (χ1n) is 5.22. The highest BCUT2D eigenvalue weighted by atomic mass is 16.1. The molecule has 0 aliphatic rings. The average molecular weight is 219 g/mol. The van der Waals surface area contributed by atoms with Crippen molar-refractivity contribution in [3.05, 3.63) is 29.6 Å². The lowest BCUT2D eigenvalue weighted by Gasteiger charge is -2.14. The Morgan fingerprint density at radius 1 is 1.31 bits per heavy atom. The van der Waals surface area contributed by atoms with E-state index in [0.29, 0.717) is 5.69 Å². The van der Waals surface area contributed by atoms with E-state index in [2.05, 4.69) is 4.98 Å². The number of hydrogen-bond donors (Lipinski definition) is 1. The molecule has 0 unspecified atom stereocenters. The van der Waals surface area contributed by atoms with Crippen molar-refractivity contribution in [2.45, 2.75) is 27.7 Å². The van der Waals surface area contributed by atoms with Crippen LogP contribution >= 0.6 is 0 Å². The molecule has 86 valence electrons. The molecule has 1 rings (SSSR count). The zero-order chi connectivity index (χ0) is 12.3. The fourth-order valence-corrected chi connectivity index (χ4v) is 1.26. The van der Waals surface area contributed by atoms with Crippen molar-refractivity contribution < 1.29 is 9.59 Å². The number of hydrogen-bond acceptors (Lipinski definition) is 2. The third kappa shape index (κ3) is 3.19. The molecule has 0 bridgehead atoms. The molecule has 3 nitrogen and oxygen atoms in total. The van der Waals surface area contributed by atoms with Gasteiger partial charge in [0.05, 0.1) is 5.69 Å². The summed E-state index contributed by atoms with van der Waals surface area (Å²) in [5.74, 6) is 0.0554. The minimum atomic E-state index is -0.396. The van der Waals surface area contributed by atoms with Gasteiger partial charge in [0, 0.05) is 11.6 Å². The Bertz CT molecular complexity index is 433. The molecule has 0 radical (unpaired) electrons. The Morgan fingerprint density at radius 3 is 2.44 bits per heavy atom. The molecule has 0 saturated heterocycles. The first-order valence-corrected chi connectivity index (χ1v) is 5.22. The van der Waals surface area contributed by atoms with Crippen LogP contribution in [0.25, 0.3) is 6.08 Å². The molecule has 16 heavy (non-hydrogen) atoms. The van der Waals surface area contributed by atoms with E-state index in [1.54, 1.807) is 18.3 Å². The lowest BCUT2D eigenvalue weighted by Crippen LogP contribution is -2.20. The lowest BCUT2D eigenvalue weighted by atomic mass is 9.89. The van der Waals surface area contributed by atoms with Crippen molar-refractivity contribution in [1.82, 2.24) is 4.98 Å². The van der Waals surface area contributed by atoms with Gasteiger partial charge in [0.1, 0.15) is 0 Å². The molecular weight excluding hydrogens is 202 g/mol. The van der Waals surface area contributed by atoms with Gasteiger partial charge >= 0.3 is 0 Å². The predicted octanol–water partition coefficient (Wildman–Crippen LogP) is 2.85. The van der Waals surface area contributed by atoms with E-state index in [9.17, 15) is 9.59 Å². The predicted molar refractivity (Wildman–Crippen MR) is 64.3 cm³/mol. The lowest BCUT2D eigenvalue weighted by molar-refractivity contribution is -0.112. The number of ketones is 2. The van der Waals surface area contributed by atoms with E-state index in [1.165, 1.54) is 13.0 Å². The van der Waals surface area contributed by atoms with Crippen molar-refractivity contribution >= 4 is 17.6 Å². The smallest absolute Gasteiger partial charge is 0.184 e. The van der Waals surface area contributed by atoms with Crippen LogP contribution < -0.4 is 0 Å². The third-order valence-electron chi connectivity index (χ3n) is 2.14. The van der Waals surface area contributed by atoms with Crippen LogP contribution in [0.5, 0.6) is 0 Å². The van der Waals surface area contributed by atoms with Gasteiger partial charge in [0.15, 0.2) is 11.6 Å². The summed E-state index contributed by atoms with van der Waals surface area (Å²) in [5, 5.41) is 0. The standard InChI is InChI=1S/C13H17NO2/c1-9(15)5-6-10-7-11(14-8-10)12(16)13(2,3)4/h5-8,14H,1-4H3/b6-5+. The summed E-state index contributed by atoms with van der Waals surface area (Å²) in [6, 6.07) is 1.76. The molecule has 0 aromatic carbocycles. The number of Topliss-reactive ketones (excluding diaryl/α,β-unsaturated/α-hetero) is 1. The fourth-order valence-electron chi connectivity index (χ4n) is 1.26. The maximum absolute atomic E-state index is 11.9. The number of carbonyl (C=O) groups excluding carboxylic acids is 2. The van der Waals surface area contributed by atoms with Gasteiger partial charge < -0.3 is 4.98 Å². The van der Waals surface area contributed by atoms with Gasteiger partial charge in [-0.3, -0.25) is 9.59 Å². The van der Waals surface area contributed by atoms with Crippen LogP contribution in [-0.4, -0.2) is 16.6 Å². The first kappa shape index (κ1) is 12.4. The summed E-state index contributed by atoms with van der Waals surface area (Å²) in [5.41, 5.74) is 1.02. The van der Waals surface area contributed by atoms with Crippen LogP contribution in [-0.2, 0) is 4.79 Å². The van der Waals surface area contributed by atoms with Crippen LogP contribution in [0.3, 0.4) is 0 Å². The summed E-state index contributed by atoms with van der Waals surface area (Å²) in [6.45, 7) is 7.12. The molecule has 3 heteroatoms. The van der Waals surface area contributed by atoms with E-state index in [4.69, 9.17) is 0 Å². The molecule has 0 aliphatic carbocycles. The average Bonchev–Trinajstić information content (AvgIpc) is 2.60. The van der Waals surface area contributed by atoms with Gasteiger partial charge in [-0.15, -0.1) is 0 Å². The molecule has 1 aromatic heterocycles. The van der Waals surface area contributed by atoms with E-state index < -0.39 is 5.41 Å². The van der Waals surface area contributed by atoms with Crippen LogP contribution in [0.2, 0.25) is 0 Å². The quantitative estimate of drug-likeness (QED) is 0.627. The molecule has 1 N–H and O–H groups in total. The van der Waals surface area contributed by atoms with Crippen LogP contribution in [0.15, 0.2) is 18.3 Å². The minimum absolute atomic E-state index is 0.00935. The molecule has 0 fully saturated rings. The molecule has 0 atom stereocenters. The van der Waals surface area contributed by atoms with E-state index in [0.717, 1.165) is 5.56 Å². The molecule has 0 spiro atoms. The van der Waals surface area contributed by atoms with Crippen molar-refractivity contribution in [2.75, 3.05) is 0 Å². The van der Waals surface area contributed by atoms with E-state index in [1.807, 2.05) is 20.8 Å². The van der Waals surface area contributed by atoms with Crippen molar-refractivity contribution in [3.8, 4) is 0 Å². The number of aromatic amines is 1. The number of carbonyl (C=O) groups is 2. The maximum atomic E-state index is 11.9. The van der Waals surface area contributed by atoms with Crippen LogP contribution in [0, 0.1) is 5.41 Å². The third-order valence-corrected chi connectivity index (χ3v) is 2.14. The second-order valence-corrected chi connectivity index (χ2v) is 4.87. The van der Waals surface area contributed by atoms with Crippen molar-refractivity contribution in [1.29, 1.82) is 0 Å². The van der Waals surface area contributed by atoms with Crippen LogP contribution in [0.1, 0.15) is 43.7 Å². The Hall–Kier alpha value is -1.64. The maximum Gasteiger partial charge on any atom is 0.184 e. The molecule has 1 aromatic rings. The zero-order valence-corrected chi connectivity index (χ0v) is 10.1. The summed E-state index contributed by atoms with van der Waals surface area (Å²) < 4.78 is 0. The van der Waals surface area contributed by atoms with Gasteiger partial charge in [0.2, 0.25) is 0 Å². The summed E-state index contributed by atoms with van der Waals surface area (Å²) in [4.78, 5) is 25.6. The highest BCUT2D eigenvalue weighted by Gasteiger charge is 2.23. The second-order valence-electron chi connectivity index (χ2n) is 4.87. The topological polar surface area (TPSA) is 49.9 Å².